The second-order valence-corrected chi connectivity index (χ2v) is 9.45. The molecule has 0 amide bonds. The molecule has 0 saturated heterocycles. The Morgan fingerprint density at radius 3 is 2.26 bits per heavy atom. The Bertz CT molecular complexity index is 1100. The number of rotatable bonds is 6. The Labute approximate surface area is 162 Å². The van der Waals surface area contributed by atoms with Crippen LogP contribution in [0.4, 0.5) is 11.4 Å². The normalized spacial score (nSPS) is 11.7. The van der Waals surface area contributed by atoms with Crippen LogP contribution in [0, 0.1) is 6.92 Å². The van der Waals surface area contributed by atoms with E-state index < -0.39 is 26.0 Å². The third-order valence-corrected chi connectivity index (χ3v) is 5.84. The molecule has 0 aliphatic carbocycles. The average Bonchev–Trinajstić information content (AvgIpc) is 2.55. The summed E-state index contributed by atoms with van der Waals surface area (Å²) in [6.07, 6.45) is 0.969. The zero-order chi connectivity index (χ0) is 20.4. The molecule has 0 atom stereocenters. The summed E-state index contributed by atoms with van der Waals surface area (Å²) in [6.45, 7) is 1.59. The molecule has 27 heavy (non-hydrogen) atoms. The highest BCUT2D eigenvalue weighted by Gasteiger charge is 2.20. The molecule has 0 saturated carbocycles. The first-order valence-electron chi connectivity index (χ1n) is 7.42. The van der Waals surface area contributed by atoms with E-state index in [-0.39, 0.29) is 26.9 Å². The van der Waals surface area contributed by atoms with Gasteiger partial charge in [0.15, 0.2) is 0 Å². The molecule has 2 aromatic carbocycles. The monoisotopic (exact) mass is 432 g/mol. The number of hydrogen-bond acceptors (Lipinski definition) is 6. The predicted octanol–water partition coefficient (Wildman–Crippen LogP) is 2.61. The molecule has 0 unspecified atom stereocenters. The molecule has 0 heterocycles. The van der Waals surface area contributed by atoms with Gasteiger partial charge >= 0.3 is 5.97 Å². The number of benzene rings is 2. The van der Waals surface area contributed by atoms with Crippen LogP contribution in [0.15, 0.2) is 41.3 Å². The molecule has 0 aromatic heterocycles. The molecular weight excluding hydrogens is 416 g/mol. The number of esters is 1. The van der Waals surface area contributed by atoms with Gasteiger partial charge in [-0.05, 0) is 42.8 Å². The van der Waals surface area contributed by atoms with E-state index in [2.05, 4.69) is 14.2 Å². The van der Waals surface area contributed by atoms with Gasteiger partial charge in [0.1, 0.15) is 0 Å². The SMILES string of the molecule is COC(=O)c1ccc(C)c(S(=O)(=O)Nc2ccc(NS(C)(=O)=O)c(Cl)c2)c1. The van der Waals surface area contributed by atoms with Crippen molar-refractivity contribution in [2.24, 2.45) is 0 Å². The van der Waals surface area contributed by atoms with E-state index in [9.17, 15) is 21.6 Å². The fraction of sp³-hybridized carbons (Fsp3) is 0.188. The Morgan fingerprint density at radius 1 is 1.04 bits per heavy atom. The van der Waals surface area contributed by atoms with Crippen LogP contribution in [-0.2, 0) is 24.8 Å². The number of carbonyl (C=O) groups excluding carboxylic acids is 1. The molecule has 2 N–H and O–H groups in total. The highest BCUT2D eigenvalue weighted by molar-refractivity contribution is 7.92. The molecule has 0 fully saturated rings. The second kappa shape index (κ2) is 7.75. The zero-order valence-electron chi connectivity index (χ0n) is 14.6. The minimum atomic E-state index is -4.03. The van der Waals surface area contributed by atoms with Crippen LogP contribution in [0.5, 0.6) is 0 Å². The van der Waals surface area contributed by atoms with Gasteiger partial charge in [0.25, 0.3) is 10.0 Å². The lowest BCUT2D eigenvalue weighted by atomic mass is 10.1. The molecule has 0 spiro atoms. The largest absolute Gasteiger partial charge is 0.465 e. The summed E-state index contributed by atoms with van der Waals surface area (Å²) in [6, 6.07) is 8.13. The van der Waals surface area contributed by atoms with E-state index in [1.165, 1.54) is 43.5 Å². The summed E-state index contributed by atoms with van der Waals surface area (Å²) >= 11 is 6.00. The first kappa shape index (κ1) is 21.0. The van der Waals surface area contributed by atoms with Gasteiger partial charge in [0.2, 0.25) is 10.0 Å². The van der Waals surface area contributed by atoms with Gasteiger partial charge in [-0.25, -0.2) is 21.6 Å². The second-order valence-electron chi connectivity index (χ2n) is 5.65. The molecule has 2 aromatic rings. The van der Waals surface area contributed by atoms with Gasteiger partial charge in [-0.3, -0.25) is 9.44 Å². The third kappa shape index (κ3) is 5.34. The van der Waals surface area contributed by atoms with Crippen molar-refractivity contribution in [3.05, 3.63) is 52.5 Å². The molecule has 0 aliphatic heterocycles. The van der Waals surface area contributed by atoms with Crippen molar-refractivity contribution in [1.29, 1.82) is 0 Å². The number of halogens is 1. The standard InChI is InChI=1S/C16H17ClN2O6S2/c1-10-4-5-11(16(20)25-2)8-15(10)27(23,24)18-12-6-7-14(13(17)9-12)19-26(3,21)22/h4-9,18-19H,1-3H3. The van der Waals surface area contributed by atoms with Crippen molar-refractivity contribution in [2.75, 3.05) is 22.8 Å². The van der Waals surface area contributed by atoms with Crippen molar-refractivity contribution >= 4 is 49.0 Å². The Morgan fingerprint density at radius 2 is 1.70 bits per heavy atom. The van der Waals surface area contributed by atoms with E-state index >= 15 is 0 Å². The number of methoxy groups -OCH3 is 1. The van der Waals surface area contributed by atoms with Crippen LogP contribution < -0.4 is 9.44 Å². The van der Waals surface area contributed by atoms with Gasteiger partial charge in [-0.1, -0.05) is 17.7 Å². The topological polar surface area (TPSA) is 119 Å². The smallest absolute Gasteiger partial charge is 0.337 e. The van der Waals surface area contributed by atoms with Crippen molar-refractivity contribution < 1.29 is 26.4 Å². The minimum absolute atomic E-state index is 0.0145. The molecule has 0 bridgehead atoms. The van der Waals surface area contributed by atoms with Gasteiger partial charge in [0.05, 0.1) is 40.2 Å². The summed E-state index contributed by atoms with van der Waals surface area (Å²) in [7, 11) is -6.36. The van der Waals surface area contributed by atoms with Crippen molar-refractivity contribution in [1.82, 2.24) is 0 Å². The maximum atomic E-state index is 12.7. The van der Waals surface area contributed by atoms with E-state index in [4.69, 9.17) is 11.6 Å². The van der Waals surface area contributed by atoms with Crippen LogP contribution in [-0.4, -0.2) is 36.2 Å². The minimum Gasteiger partial charge on any atom is -0.465 e. The zero-order valence-corrected chi connectivity index (χ0v) is 17.0. The van der Waals surface area contributed by atoms with E-state index in [1.807, 2.05) is 0 Å². The van der Waals surface area contributed by atoms with Crippen molar-refractivity contribution in [2.45, 2.75) is 11.8 Å². The van der Waals surface area contributed by atoms with Gasteiger partial charge in [-0.15, -0.1) is 0 Å². The van der Waals surface area contributed by atoms with Crippen LogP contribution in [0.1, 0.15) is 15.9 Å². The highest BCUT2D eigenvalue weighted by atomic mass is 35.5. The predicted molar refractivity (Wildman–Crippen MR) is 103 cm³/mol. The molecular formula is C16H17ClN2O6S2. The maximum Gasteiger partial charge on any atom is 0.337 e. The number of anilines is 2. The van der Waals surface area contributed by atoms with E-state index in [1.54, 1.807) is 6.92 Å². The number of hydrogen-bond donors (Lipinski definition) is 2. The number of ether oxygens (including phenoxy) is 1. The van der Waals surface area contributed by atoms with Crippen molar-refractivity contribution in [3.63, 3.8) is 0 Å². The maximum absolute atomic E-state index is 12.7. The number of aryl methyl sites for hydroxylation is 1. The first-order chi connectivity index (χ1) is 12.4. The third-order valence-electron chi connectivity index (χ3n) is 3.42. The summed E-state index contributed by atoms with van der Waals surface area (Å²) < 4.78 is 57.1. The van der Waals surface area contributed by atoms with Crippen molar-refractivity contribution in [3.8, 4) is 0 Å². The molecule has 2 rings (SSSR count). The Kier molecular flexibility index (Phi) is 6.03. The number of nitrogens with one attached hydrogen (secondary N) is 2. The molecule has 11 heteroatoms. The Balaban J connectivity index is 2.37. The fourth-order valence-electron chi connectivity index (χ4n) is 2.21. The van der Waals surface area contributed by atoms with Crippen LogP contribution in [0.3, 0.4) is 0 Å². The van der Waals surface area contributed by atoms with Crippen LogP contribution in [0.25, 0.3) is 0 Å². The summed E-state index contributed by atoms with van der Waals surface area (Å²) in [5.74, 6) is -0.661. The van der Waals surface area contributed by atoms with Gasteiger partial charge in [0, 0.05) is 0 Å². The van der Waals surface area contributed by atoms with Gasteiger partial charge in [-0.2, -0.15) is 0 Å². The first-order valence-corrected chi connectivity index (χ1v) is 11.2. The molecule has 0 radical (unpaired) electrons. The summed E-state index contributed by atoms with van der Waals surface area (Å²) in [5, 5.41) is 0.0145. The summed E-state index contributed by atoms with van der Waals surface area (Å²) in [4.78, 5) is 11.6. The lowest BCUT2D eigenvalue weighted by Gasteiger charge is -2.13. The van der Waals surface area contributed by atoms with Gasteiger partial charge < -0.3 is 4.74 Å². The van der Waals surface area contributed by atoms with E-state index in [0.717, 1.165) is 6.26 Å². The molecule has 8 nitrogen and oxygen atoms in total. The molecule has 0 aliphatic rings. The molecule has 146 valence electrons. The summed E-state index contributed by atoms with van der Waals surface area (Å²) in [5.41, 5.74) is 0.763. The Hall–Kier alpha value is -2.30. The average molecular weight is 433 g/mol. The highest BCUT2D eigenvalue weighted by Crippen LogP contribution is 2.28. The lowest BCUT2D eigenvalue weighted by Crippen LogP contribution is -2.16. The van der Waals surface area contributed by atoms with E-state index in [0.29, 0.717) is 5.56 Å². The fourth-order valence-corrected chi connectivity index (χ4v) is 4.39. The lowest BCUT2D eigenvalue weighted by molar-refractivity contribution is 0.0600. The number of sulfonamides is 2. The van der Waals surface area contributed by atoms with Crippen LogP contribution in [0.2, 0.25) is 5.02 Å². The quantitative estimate of drug-likeness (QED) is 0.677. The number of carbonyl (C=O) groups is 1. The van der Waals surface area contributed by atoms with Crippen LogP contribution >= 0.6 is 11.6 Å².